The molecular weight excluding hydrogens is 142 g/mol. The summed E-state index contributed by atoms with van der Waals surface area (Å²) in [4.78, 5) is 4.02. The van der Waals surface area contributed by atoms with Gasteiger partial charge in [-0.1, -0.05) is 5.16 Å². The van der Waals surface area contributed by atoms with Crippen LogP contribution in [0.3, 0.4) is 0 Å². The number of aromatic nitrogens is 2. The Hall–Kier alpha value is -1.06. The molecule has 2 rings (SSSR count). The van der Waals surface area contributed by atoms with Crippen molar-refractivity contribution in [3.8, 4) is 0 Å². The number of nitrogens with zero attached hydrogens (tertiary/aromatic N) is 2. The van der Waals surface area contributed by atoms with Gasteiger partial charge in [-0.2, -0.15) is 4.98 Å². The van der Waals surface area contributed by atoms with Crippen molar-refractivity contribution < 1.29 is 4.52 Å². The maximum atomic E-state index is 4.87. The largest absolute Gasteiger partial charge is 0.337 e. The van der Waals surface area contributed by atoms with Gasteiger partial charge < -0.3 is 9.84 Å². The van der Waals surface area contributed by atoms with Gasteiger partial charge in [0, 0.05) is 6.54 Å². The van der Waals surface area contributed by atoms with Crippen LogP contribution in [0.5, 0.6) is 0 Å². The zero-order valence-corrected chi connectivity index (χ0v) is 6.50. The third kappa shape index (κ3) is 1.69. The minimum absolute atomic E-state index is 0.550. The molecule has 4 heteroatoms. The van der Waals surface area contributed by atoms with Crippen LogP contribution in [0.4, 0.5) is 6.01 Å². The SMILES string of the molecule is Cc1noc(NCC2CC2)n1. The van der Waals surface area contributed by atoms with Crippen LogP contribution in [0.2, 0.25) is 0 Å². The summed E-state index contributed by atoms with van der Waals surface area (Å²) in [5, 5.41) is 6.75. The molecule has 1 aliphatic carbocycles. The molecule has 0 aliphatic heterocycles. The van der Waals surface area contributed by atoms with E-state index >= 15 is 0 Å². The maximum Gasteiger partial charge on any atom is 0.321 e. The van der Waals surface area contributed by atoms with Crippen LogP contribution in [0, 0.1) is 12.8 Å². The van der Waals surface area contributed by atoms with Gasteiger partial charge in [0.1, 0.15) is 0 Å². The van der Waals surface area contributed by atoms with Crippen molar-refractivity contribution in [3.05, 3.63) is 5.82 Å². The van der Waals surface area contributed by atoms with Gasteiger partial charge in [-0.3, -0.25) is 0 Å². The predicted octanol–water partition coefficient (Wildman–Crippen LogP) is 1.20. The average Bonchev–Trinajstić information content (AvgIpc) is 2.72. The molecular formula is C7H11N3O. The highest BCUT2D eigenvalue weighted by Crippen LogP contribution is 2.28. The summed E-state index contributed by atoms with van der Waals surface area (Å²) in [6.07, 6.45) is 2.67. The predicted molar refractivity (Wildman–Crippen MR) is 40.2 cm³/mol. The van der Waals surface area contributed by atoms with Crippen LogP contribution in [-0.4, -0.2) is 16.7 Å². The van der Waals surface area contributed by atoms with Gasteiger partial charge in [0.15, 0.2) is 5.82 Å². The lowest BCUT2D eigenvalue weighted by Crippen LogP contribution is -2.02. The first-order valence-electron chi connectivity index (χ1n) is 3.89. The van der Waals surface area contributed by atoms with E-state index in [1.54, 1.807) is 0 Å². The average molecular weight is 153 g/mol. The molecule has 1 saturated carbocycles. The molecule has 0 spiro atoms. The molecule has 0 atom stereocenters. The van der Waals surface area contributed by atoms with Gasteiger partial charge in [-0.25, -0.2) is 0 Å². The Balaban J connectivity index is 1.85. The quantitative estimate of drug-likeness (QED) is 0.708. The molecule has 60 valence electrons. The number of aryl methyl sites for hydroxylation is 1. The van der Waals surface area contributed by atoms with E-state index in [0.29, 0.717) is 11.8 Å². The molecule has 1 aliphatic rings. The Morgan fingerprint density at radius 1 is 1.64 bits per heavy atom. The van der Waals surface area contributed by atoms with Crippen molar-refractivity contribution in [3.63, 3.8) is 0 Å². The number of rotatable bonds is 3. The zero-order valence-electron chi connectivity index (χ0n) is 6.50. The van der Waals surface area contributed by atoms with Crippen molar-refractivity contribution in [1.29, 1.82) is 0 Å². The van der Waals surface area contributed by atoms with Crippen LogP contribution in [-0.2, 0) is 0 Å². The van der Waals surface area contributed by atoms with Gasteiger partial charge in [0.05, 0.1) is 0 Å². The van der Waals surface area contributed by atoms with Crippen molar-refractivity contribution in [2.45, 2.75) is 19.8 Å². The fraction of sp³-hybridized carbons (Fsp3) is 0.714. The van der Waals surface area contributed by atoms with Crippen molar-refractivity contribution >= 4 is 6.01 Å². The first-order valence-corrected chi connectivity index (χ1v) is 3.89. The number of hydrogen-bond donors (Lipinski definition) is 1. The molecule has 0 radical (unpaired) electrons. The smallest absolute Gasteiger partial charge is 0.321 e. The van der Waals surface area contributed by atoms with Gasteiger partial charge in [0.2, 0.25) is 0 Å². The maximum absolute atomic E-state index is 4.87. The van der Waals surface area contributed by atoms with E-state index in [9.17, 15) is 0 Å². The summed E-state index contributed by atoms with van der Waals surface area (Å²) in [6, 6.07) is 0.550. The van der Waals surface area contributed by atoms with Crippen LogP contribution in [0.15, 0.2) is 4.52 Å². The van der Waals surface area contributed by atoms with Crippen LogP contribution in [0.25, 0.3) is 0 Å². The Morgan fingerprint density at radius 3 is 3.00 bits per heavy atom. The molecule has 1 fully saturated rings. The highest BCUT2D eigenvalue weighted by atomic mass is 16.5. The third-order valence-corrected chi connectivity index (χ3v) is 1.77. The second-order valence-corrected chi connectivity index (χ2v) is 2.97. The van der Waals surface area contributed by atoms with Gasteiger partial charge >= 0.3 is 6.01 Å². The molecule has 0 unspecified atom stereocenters. The first-order chi connectivity index (χ1) is 5.34. The molecule has 11 heavy (non-hydrogen) atoms. The Bertz CT molecular complexity index is 242. The standard InChI is InChI=1S/C7H11N3O/c1-5-9-7(11-10-5)8-4-6-2-3-6/h6H,2-4H2,1H3,(H,8,9,10). The molecule has 1 aromatic rings. The van der Waals surface area contributed by atoms with Crippen LogP contribution >= 0.6 is 0 Å². The fourth-order valence-corrected chi connectivity index (χ4v) is 0.922. The van der Waals surface area contributed by atoms with Crippen molar-refractivity contribution in [2.24, 2.45) is 5.92 Å². The fourth-order valence-electron chi connectivity index (χ4n) is 0.922. The molecule has 0 amide bonds. The Kier molecular flexibility index (Phi) is 1.52. The van der Waals surface area contributed by atoms with E-state index in [4.69, 9.17) is 4.52 Å². The first kappa shape index (κ1) is 6.64. The number of hydrogen-bond acceptors (Lipinski definition) is 4. The number of anilines is 1. The summed E-state index contributed by atoms with van der Waals surface area (Å²) in [5.41, 5.74) is 0. The second-order valence-electron chi connectivity index (χ2n) is 2.97. The van der Waals surface area contributed by atoms with Crippen LogP contribution in [0.1, 0.15) is 18.7 Å². The lowest BCUT2D eigenvalue weighted by molar-refractivity contribution is 0.425. The summed E-state index contributed by atoms with van der Waals surface area (Å²) in [5.74, 6) is 1.52. The Morgan fingerprint density at radius 2 is 2.45 bits per heavy atom. The summed E-state index contributed by atoms with van der Waals surface area (Å²) < 4.78 is 4.87. The minimum atomic E-state index is 0.550. The molecule has 1 aromatic heterocycles. The van der Waals surface area contributed by atoms with Gasteiger partial charge in [-0.15, -0.1) is 0 Å². The summed E-state index contributed by atoms with van der Waals surface area (Å²) >= 11 is 0. The zero-order chi connectivity index (χ0) is 7.68. The van der Waals surface area contributed by atoms with Crippen LogP contribution < -0.4 is 5.32 Å². The summed E-state index contributed by atoms with van der Waals surface area (Å²) in [7, 11) is 0. The van der Waals surface area contributed by atoms with Gasteiger partial charge in [0.25, 0.3) is 0 Å². The van der Waals surface area contributed by atoms with E-state index < -0.39 is 0 Å². The number of nitrogens with one attached hydrogen (secondary N) is 1. The normalized spacial score (nSPS) is 16.8. The van der Waals surface area contributed by atoms with Crippen molar-refractivity contribution in [2.75, 3.05) is 11.9 Å². The highest BCUT2D eigenvalue weighted by molar-refractivity contribution is 5.18. The topological polar surface area (TPSA) is 51.0 Å². The lowest BCUT2D eigenvalue weighted by Gasteiger charge is -1.95. The molecule has 0 bridgehead atoms. The van der Waals surface area contributed by atoms with E-state index in [-0.39, 0.29) is 0 Å². The van der Waals surface area contributed by atoms with E-state index in [2.05, 4.69) is 15.5 Å². The molecule has 0 aromatic carbocycles. The molecule has 1 heterocycles. The highest BCUT2D eigenvalue weighted by Gasteiger charge is 2.21. The lowest BCUT2D eigenvalue weighted by atomic mass is 10.4. The third-order valence-electron chi connectivity index (χ3n) is 1.77. The monoisotopic (exact) mass is 153 g/mol. The molecule has 0 saturated heterocycles. The van der Waals surface area contributed by atoms with E-state index in [1.807, 2.05) is 6.92 Å². The Labute approximate surface area is 65.0 Å². The second kappa shape index (κ2) is 2.53. The van der Waals surface area contributed by atoms with E-state index in [1.165, 1.54) is 12.8 Å². The molecule has 1 N–H and O–H groups in total. The molecule has 4 nitrogen and oxygen atoms in total. The van der Waals surface area contributed by atoms with Gasteiger partial charge in [-0.05, 0) is 25.7 Å². The minimum Gasteiger partial charge on any atom is -0.337 e. The summed E-state index contributed by atoms with van der Waals surface area (Å²) in [6.45, 7) is 2.79. The van der Waals surface area contributed by atoms with E-state index in [0.717, 1.165) is 12.5 Å². The van der Waals surface area contributed by atoms with Crippen molar-refractivity contribution in [1.82, 2.24) is 10.1 Å².